The number of methoxy groups -OCH3 is 1. The number of benzene rings is 2. The molecule has 0 aromatic heterocycles. The summed E-state index contributed by atoms with van der Waals surface area (Å²) >= 11 is 0. The predicted octanol–water partition coefficient (Wildman–Crippen LogP) is 2.23. The fraction of sp³-hybridized carbons (Fsp3) is 0.304. The molecule has 2 N–H and O–H groups in total. The van der Waals surface area contributed by atoms with E-state index in [1.54, 1.807) is 62.4 Å². The van der Waals surface area contributed by atoms with Gasteiger partial charge in [-0.25, -0.2) is 4.79 Å². The lowest BCUT2D eigenvalue weighted by Crippen LogP contribution is -2.47. The van der Waals surface area contributed by atoms with Crippen LogP contribution in [-0.4, -0.2) is 48.3 Å². The van der Waals surface area contributed by atoms with Gasteiger partial charge in [-0.3, -0.25) is 19.3 Å². The normalized spacial score (nSPS) is 22.7. The zero-order valence-corrected chi connectivity index (χ0v) is 18.0. The van der Waals surface area contributed by atoms with Gasteiger partial charge in [0.1, 0.15) is 17.8 Å². The molecule has 0 unspecified atom stereocenters. The van der Waals surface area contributed by atoms with Crippen LogP contribution in [0.4, 0.5) is 16.2 Å². The van der Waals surface area contributed by atoms with Crippen LogP contribution in [0.25, 0.3) is 0 Å². The fourth-order valence-corrected chi connectivity index (χ4v) is 4.15. The molecule has 166 valence electrons. The number of hydrogen-bond donors (Lipinski definition) is 2. The average molecular weight is 436 g/mol. The van der Waals surface area contributed by atoms with Crippen LogP contribution in [0.2, 0.25) is 0 Å². The van der Waals surface area contributed by atoms with Gasteiger partial charge in [0.25, 0.3) is 5.91 Å². The van der Waals surface area contributed by atoms with E-state index in [-0.39, 0.29) is 12.3 Å². The highest BCUT2D eigenvalue weighted by atomic mass is 16.5. The van der Waals surface area contributed by atoms with E-state index in [0.717, 1.165) is 4.90 Å². The highest BCUT2D eigenvalue weighted by Crippen LogP contribution is 2.33. The third kappa shape index (κ3) is 3.55. The molecular formula is C23H24N4O5. The molecule has 1 saturated heterocycles. The van der Waals surface area contributed by atoms with Crippen molar-refractivity contribution in [3.63, 3.8) is 0 Å². The molecule has 0 aliphatic carbocycles. The van der Waals surface area contributed by atoms with Gasteiger partial charge < -0.3 is 20.3 Å². The van der Waals surface area contributed by atoms with Crippen molar-refractivity contribution >= 4 is 35.1 Å². The Hall–Kier alpha value is -3.88. The first-order chi connectivity index (χ1) is 15.2. The number of imide groups is 1. The third-order valence-corrected chi connectivity index (χ3v) is 5.84. The van der Waals surface area contributed by atoms with Crippen molar-refractivity contribution in [1.29, 1.82) is 0 Å². The van der Waals surface area contributed by atoms with E-state index >= 15 is 0 Å². The van der Waals surface area contributed by atoms with Gasteiger partial charge in [-0.2, -0.15) is 0 Å². The Morgan fingerprint density at radius 2 is 1.91 bits per heavy atom. The Labute approximate surface area is 185 Å². The monoisotopic (exact) mass is 436 g/mol. The number of urea groups is 1. The van der Waals surface area contributed by atoms with E-state index in [9.17, 15) is 19.2 Å². The third-order valence-electron chi connectivity index (χ3n) is 5.84. The molecule has 0 bridgehead atoms. The Balaban J connectivity index is 1.61. The van der Waals surface area contributed by atoms with Crippen molar-refractivity contribution in [3.8, 4) is 5.75 Å². The first-order valence-corrected chi connectivity index (χ1v) is 10.2. The van der Waals surface area contributed by atoms with E-state index in [1.165, 1.54) is 12.0 Å². The van der Waals surface area contributed by atoms with Crippen LogP contribution in [-0.2, 0) is 19.9 Å². The van der Waals surface area contributed by atoms with Gasteiger partial charge in [0.05, 0.1) is 18.5 Å². The molecule has 9 heteroatoms. The van der Waals surface area contributed by atoms with Gasteiger partial charge >= 0.3 is 6.03 Å². The zero-order valence-electron chi connectivity index (χ0n) is 18.0. The van der Waals surface area contributed by atoms with Crippen LogP contribution in [0.5, 0.6) is 5.75 Å². The lowest BCUT2D eigenvalue weighted by molar-refractivity contribution is -0.134. The average Bonchev–Trinajstić information content (AvgIpc) is 2.90. The Morgan fingerprint density at radius 3 is 2.66 bits per heavy atom. The number of rotatable bonds is 4. The van der Waals surface area contributed by atoms with Crippen LogP contribution in [0.15, 0.2) is 48.5 Å². The predicted molar refractivity (Wildman–Crippen MR) is 117 cm³/mol. The van der Waals surface area contributed by atoms with Crippen LogP contribution in [0.3, 0.4) is 0 Å². The van der Waals surface area contributed by atoms with E-state index in [1.807, 2.05) is 0 Å². The Morgan fingerprint density at radius 1 is 1.16 bits per heavy atom. The largest absolute Gasteiger partial charge is 0.497 e. The molecule has 9 nitrogen and oxygen atoms in total. The minimum absolute atomic E-state index is 0.0993. The molecule has 5 amide bonds. The Kier molecular flexibility index (Phi) is 5.33. The van der Waals surface area contributed by atoms with Crippen molar-refractivity contribution < 1.29 is 23.9 Å². The van der Waals surface area contributed by atoms with Gasteiger partial charge in [-0.1, -0.05) is 24.3 Å². The second kappa shape index (κ2) is 7.99. The first kappa shape index (κ1) is 21.4. The second-order valence-corrected chi connectivity index (χ2v) is 8.06. The molecule has 2 aliphatic heterocycles. The van der Waals surface area contributed by atoms with E-state index in [4.69, 9.17) is 4.74 Å². The smallest absolute Gasteiger partial charge is 0.325 e. The molecule has 2 aliphatic rings. The highest BCUT2D eigenvalue weighted by molar-refractivity contribution is 6.12. The number of para-hydroxylation sites is 2. The maximum absolute atomic E-state index is 13.3. The molecule has 0 spiro atoms. The topological polar surface area (TPSA) is 108 Å². The summed E-state index contributed by atoms with van der Waals surface area (Å²) in [5.74, 6) is -0.651. The number of ether oxygens (including phenoxy) is 1. The SMILES string of the molecule is COc1cccc([C@@]2(C)NC(=O)N(CC(=O)N3c4ccccc4NC(=O)C[C@@H]3C)C2=O)c1. The van der Waals surface area contributed by atoms with Crippen molar-refractivity contribution in [1.82, 2.24) is 10.2 Å². The van der Waals surface area contributed by atoms with Gasteiger partial charge in [-0.15, -0.1) is 0 Å². The zero-order chi connectivity index (χ0) is 23.0. The van der Waals surface area contributed by atoms with E-state index in [2.05, 4.69) is 10.6 Å². The molecule has 0 saturated carbocycles. The summed E-state index contributed by atoms with van der Waals surface area (Å²) in [6.07, 6.45) is 0.0993. The van der Waals surface area contributed by atoms with Gasteiger partial charge in [0.2, 0.25) is 11.8 Å². The summed E-state index contributed by atoms with van der Waals surface area (Å²) in [6.45, 7) is 2.90. The number of nitrogens with one attached hydrogen (secondary N) is 2. The van der Waals surface area contributed by atoms with Crippen LogP contribution >= 0.6 is 0 Å². The molecule has 2 heterocycles. The molecule has 2 aromatic carbocycles. The van der Waals surface area contributed by atoms with Crippen molar-refractivity contribution in [2.24, 2.45) is 0 Å². The number of nitrogens with zero attached hydrogens (tertiary/aromatic N) is 2. The van der Waals surface area contributed by atoms with Crippen molar-refractivity contribution in [2.45, 2.75) is 31.8 Å². The summed E-state index contributed by atoms with van der Waals surface area (Å²) in [7, 11) is 1.52. The van der Waals surface area contributed by atoms with E-state index < -0.39 is 36.0 Å². The summed E-state index contributed by atoms with van der Waals surface area (Å²) < 4.78 is 5.23. The van der Waals surface area contributed by atoms with Crippen LogP contribution in [0, 0.1) is 0 Å². The minimum atomic E-state index is -1.33. The van der Waals surface area contributed by atoms with Crippen molar-refractivity contribution in [3.05, 3.63) is 54.1 Å². The summed E-state index contributed by atoms with van der Waals surface area (Å²) in [5.41, 5.74) is 0.256. The highest BCUT2D eigenvalue weighted by Gasteiger charge is 2.50. The van der Waals surface area contributed by atoms with Gasteiger partial charge in [0.15, 0.2) is 0 Å². The maximum Gasteiger partial charge on any atom is 0.325 e. The molecule has 2 atom stereocenters. The first-order valence-electron chi connectivity index (χ1n) is 10.2. The lowest BCUT2D eigenvalue weighted by atomic mass is 9.92. The van der Waals surface area contributed by atoms with Crippen LogP contribution in [0.1, 0.15) is 25.8 Å². The quantitative estimate of drug-likeness (QED) is 0.715. The lowest BCUT2D eigenvalue weighted by Gasteiger charge is -2.29. The number of carbonyl (C=O) groups is 4. The molecule has 32 heavy (non-hydrogen) atoms. The fourth-order valence-electron chi connectivity index (χ4n) is 4.15. The standard InChI is InChI=1S/C23H24N4O5/c1-14-11-19(28)24-17-9-4-5-10-18(17)27(14)20(29)13-26-21(30)23(2,25-22(26)31)15-7-6-8-16(12-15)32-3/h4-10,12,14H,11,13H2,1-3H3,(H,24,28)(H,25,31)/t14-,23+/m0/s1. The molecule has 4 rings (SSSR count). The summed E-state index contributed by atoms with van der Waals surface area (Å²) in [5, 5.41) is 5.49. The van der Waals surface area contributed by atoms with E-state index in [0.29, 0.717) is 22.7 Å². The minimum Gasteiger partial charge on any atom is -0.497 e. The maximum atomic E-state index is 13.3. The van der Waals surface area contributed by atoms with Crippen molar-refractivity contribution in [2.75, 3.05) is 23.9 Å². The van der Waals surface area contributed by atoms with Gasteiger partial charge in [-0.05, 0) is 43.7 Å². The number of amides is 5. The molecule has 0 radical (unpaired) electrons. The summed E-state index contributed by atoms with van der Waals surface area (Å²) in [6, 6.07) is 12.7. The second-order valence-electron chi connectivity index (χ2n) is 8.06. The summed E-state index contributed by atoms with van der Waals surface area (Å²) in [4.78, 5) is 53.9. The number of anilines is 2. The van der Waals surface area contributed by atoms with Gasteiger partial charge in [0, 0.05) is 12.5 Å². The Bertz CT molecular complexity index is 1120. The number of fused-ring (bicyclic) bond motifs is 1. The molecular weight excluding hydrogens is 412 g/mol. The number of carbonyl (C=O) groups excluding carboxylic acids is 4. The number of hydrogen-bond acceptors (Lipinski definition) is 5. The molecule has 1 fully saturated rings. The van der Waals surface area contributed by atoms with Crippen LogP contribution < -0.4 is 20.3 Å². The molecule has 2 aromatic rings.